The maximum absolute atomic E-state index is 11.5. The molecule has 0 heterocycles. The normalized spacial score (nSPS) is 9.86. The van der Waals surface area contributed by atoms with Crippen molar-refractivity contribution >= 4 is 23.7 Å². The van der Waals surface area contributed by atoms with Crippen molar-refractivity contribution < 1.29 is 9.59 Å². The standard InChI is InChI=1S/C11H11ClO2/c1-8-4-9(7-13)6-10(5-8)11(14)2-3-12/h4-7H,2-3H2,1H3. The predicted octanol–water partition coefficient (Wildman–Crippen LogP) is 2.62. The zero-order valence-electron chi connectivity index (χ0n) is 7.92. The summed E-state index contributed by atoms with van der Waals surface area (Å²) in [4.78, 5) is 22.0. The average Bonchev–Trinajstić information content (AvgIpc) is 2.17. The molecule has 0 aliphatic heterocycles. The van der Waals surface area contributed by atoms with Crippen molar-refractivity contribution in [1.82, 2.24) is 0 Å². The fraction of sp³-hybridized carbons (Fsp3) is 0.273. The Hall–Kier alpha value is -1.15. The molecule has 0 aromatic heterocycles. The fourth-order valence-electron chi connectivity index (χ4n) is 1.27. The molecular weight excluding hydrogens is 200 g/mol. The summed E-state index contributed by atoms with van der Waals surface area (Å²) < 4.78 is 0. The molecule has 0 spiro atoms. The Balaban J connectivity index is 3.02. The number of aryl methyl sites for hydroxylation is 1. The van der Waals surface area contributed by atoms with E-state index < -0.39 is 0 Å². The van der Waals surface area contributed by atoms with E-state index in [9.17, 15) is 9.59 Å². The summed E-state index contributed by atoms with van der Waals surface area (Å²) in [5, 5.41) is 0. The first-order chi connectivity index (χ1) is 6.67. The first-order valence-corrected chi connectivity index (χ1v) is 4.87. The number of rotatable bonds is 4. The van der Waals surface area contributed by atoms with E-state index in [2.05, 4.69) is 0 Å². The van der Waals surface area contributed by atoms with Crippen LogP contribution in [0.15, 0.2) is 18.2 Å². The van der Waals surface area contributed by atoms with Crippen LogP contribution in [0.2, 0.25) is 0 Å². The Labute approximate surface area is 87.9 Å². The summed E-state index contributed by atoms with van der Waals surface area (Å²) >= 11 is 5.47. The molecule has 0 atom stereocenters. The summed E-state index contributed by atoms with van der Waals surface area (Å²) in [7, 11) is 0. The van der Waals surface area contributed by atoms with Crippen LogP contribution < -0.4 is 0 Å². The van der Waals surface area contributed by atoms with Gasteiger partial charge in [0.05, 0.1) is 0 Å². The zero-order valence-corrected chi connectivity index (χ0v) is 8.67. The molecule has 0 amide bonds. The molecule has 0 N–H and O–H groups in total. The van der Waals surface area contributed by atoms with Crippen LogP contribution in [-0.2, 0) is 0 Å². The molecule has 0 fully saturated rings. The lowest BCUT2D eigenvalue weighted by atomic mass is 10.0. The van der Waals surface area contributed by atoms with Crippen LogP contribution in [0.5, 0.6) is 0 Å². The fourth-order valence-corrected chi connectivity index (χ4v) is 1.44. The Bertz CT molecular complexity index is 358. The molecule has 3 heteroatoms. The van der Waals surface area contributed by atoms with Crippen LogP contribution in [0, 0.1) is 6.92 Å². The van der Waals surface area contributed by atoms with Gasteiger partial charge in [0.15, 0.2) is 5.78 Å². The summed E-state index contributed by atoms with van der Waals surface area (Å²) in [6.07, 6.45) is 1.05. The first-order valence-electron chi connectivity index (χ1n) is 4.33. The number of benzene rings is 1. The highest BCUT2D eigenvalue weighted by Crippen LogP contribution is 2.10. The van der Waals surface area contributed by atoms with Gasteiger partial charge in [-0.1, -0.05) is 0 Å². The minimum absolute atomic E-state index is 0.0215. The molecule has 0 unspecified atom stereocenters. The first kappa shape index (κ1) is 10.9. The maximum Gasteiger partial charge on any atom is 0.164 e. The van der Waals surface area contributed by atoms with Crippen LogP contribution in [0.25, 0.3) is 0 Å². The van der Waals surface area contributed by atoms with Crippen molar-refractivity contribution in [3.63, 3.8) is 0 Å². The number of hydrogen-bond acceptors (Lipinski definition) is 2. The highest BCUT2D eigenvalue weighted by Gasteiger charge is 2.06. The van der Waals surface area contributed by atoms with Crippen molar-refractivity contribution in [2.24, 2.45) is 0 Å². The van der Waals surface area contributed by atoms with E-state index in [0.29, 0.717) is 23.4 Å². The molecule has 0 radical (unpaired) electrons. The van der Waals surface area contributed by atoms with Gasteiger partial charge in [0, 0.05) is 23.4 Å². The highest BCUT2D eigenvalue weighted by atomic mass is 35.5. The minimum Gasteiger partial charge on any atom is -0.298 e. The number of carbonyl (C=O) groups excluding carboxylic acids is 2. The number of ketones is 1. The molecule has 0 aliphatic rings. The molecular formula is C11H11ClO2. The van der Waals surface area contributed by atoms with Crippen LogP contribution in [-0.4, -0.2) is 17.9 Å². The SMILES string of the molecule is Cc1cc(C=O)cc(C(=O)CCCl)c1. The van der Waals surface area contributed by atoms with E-state index in [-0.39, 0.29) is 5.78 Å². The van der Waals surface area contributed by atoms with Gasteiger partial charge >= 0.3 is 0 Å². The third-order valence-electron chi connectivity index (χ3n) is 1.88. The summed E-state index contributed by atoms with van der Waals surface area (Å²) in [6, 6.07) is 5.10. The smallest absolute Gasteiger partial charge is 0.164 e. The average molecular weight is 211 g/mol. The predicted molar refractivity (Wildman–Crippen MR) is 56.2 cm³/mol. The topological polar surface area (TPSA) is 34.1 Å². The van der Waals surface area contributed by atoms with Crippen molar-refractivity contribution in [1.29, 1.82) is 0 Å². The third-order valence-corrected chi connectivity index (χ3v) is 2.07. The van der Waals surface area contributed by atoms with Gasteiger partial charge in [-0.25, -0.2) is 0 Å². The molecule has 0 bridgehead atoms. The Morgan fingerprint density at radius 3 is 2.71 bits per heavy atom. The van der Waals surface area contributed by atoms with Crippen LogP contribution in [0.4, 0.5) is 0 Å². The second-order valence-corrected chi connectivity index (χ2v) is 3.49. The molecule has 74 valence electrons. The van der Waals surface area contributed by atoms with E-state index in [1.807, 2.05) is 6.92 Å². The van der Waals surface area contributed by atoms with E-state index in [0.717, 1.165) is 11.8 Å². The second-order valence-electron chi connectivity index (χ2n) is 3.11. The van der Waals surface area contributed by atoms with E-state index >= 15 is 0 Å². The van der Waals surface area contributed by atoms with Gasteiger partial charge in [-0.15, -0.1) is 11.6 Å². The van der Waals surface area contributed by atoms with E-state index in [1.54, 1.807) is 18.2 Å². The van der Waals surface area contributed by atoms with Gasteiger partial charge in [0.2, 0.25) is 0 Å². The molecule has 1 aromatic rings. The Morgan fingerprint density at radius 2 is 2.14 bits per heavy atom. The van der Waals surface area contributed by atoms with Gasteiger partial charge < -0.3 is 0 Å². The van der Waals surface area contributed by atoms with Gasteiger partial charge in [0.25, 0.3) is 0 Å². The largest absolute Gasteiger partial charge is 0.298 e. The molecule has 0 saturated carbocycles. The monoisotopic (exact) mass is 210 g/mol. The van der Waals surface area contributed by atoms with Crippen molar-refractivity contribution in [3.8, 4) is 0 Å². The lowest BCUT2D eigenvalue weighted by molar-refractivity contribution is 0.0989. The summed E-state index contributed by atoms with van der Waals surface area (Å²) in [5.41, 5.74) is 2.00. The number of carbonyl (C=O) groups is 2. The third kappa shape index (κ3) is 2.67. The van der Waals surface area contributed by atoms with Crippen molar-refractivity contribution in [2.45, 2.75) is 13.3 Å². The number of Topliss-reactive ketones (excluding diaryl/α,β-unsaturated/α-hetero) is 1. The zero-order chi connectivity index (χ0) is 10.6. The molecule has 0 saturated heterocycles. The molecule has 2 nitrogen and oxygen atoms in total. The molecule has 1 rings (SSSR count). The Kier molecular flexibility index (Phi) is 3.84. The number of hydrogen-bond donors (Lipinski definition) is 0. The summed E-state index contributed by atoms with van der Waals surface area (Å²) in [5.74, 6) is 0.287. The molecule has 0 aliphatic carbocycles. The summed E-state index contributed by atoms with van der Waals surface area (Å²) in [6.45, 7) is 1.85. The van der Waals surface area contributed by atoms with Gasteiger partial charge in [-0.05, 0) is 30.7 Å². The quantitative estimate of drug-likeness (QED) is 0.435. The second kappa shape index (κ2) is 4.91. The maximum atomic E-state index is 11.5. The van der Waals surface area contributed by atoms with Gasteiger partial charge in [-0.2, -0.15) is 0 Å². The van der Waals surface area contributed by atoms with Gasteiger partial charge in [-0.3, -0.25) is 9.59 Å². The van der Waals surface area contributed by atoms with Crippen LogP contribution >= 0.6 is 11.6 Å². The molecule has 1 aromatic carbocycles. The van der Waals surface area contributed by atoms with Crippen LogP contribution in [0.3, 0.4) is 0 Å². The minimum atomic E-state index is -0.0215. The molecule has 14 heavy (non-hydrogen) atoms. The number of aldehydes is 1. The lowest BCUT2D eigenvalue weighted by Crippen LogP contribution is -2.01. The van der Waals surface area contributed by atoms with E-state index in [4.69, 9.17) is 11.6 Å². The van der Waals surface area contributed by atoms with Crippen LogP contribution in [0.1, 0.15) is 32.7 Å². The lowest BCUT2D eigenvalue weighted by Gasteiger charge is -2.01. The number of halogens is 1. The van der Waals surface area contributed by atoms with Crippen molar-refractivity contribution in [2.75, 3.05) is 5.88 Å². The van der Waals surface area contributed by atoms with E-state index in [1.165, 1.54) is 0 Å². The highest BCUT2D eigenvalue weighted by molar-refractivity contribution is 6.19. The number of alkyl halides is 1. The van der Waals surface area contributed by atoms with Gasteiger partial charge in [0.1, 0.15) is 6.29 Å². The van der Waals surface area contributed by atoms with Crippen molar-refractivity contribution in [3.05, 3.63) is 34.9 Å². The Morgan fingerprint density at radius 1 is 1.43 bits per heavy atom.